The molecule has 4 nitrogen and oxygen atoms in total. The summed E-state index contributed by atoms with van der Waals surface area (Å²) in [6, 6.07) is 0.0484. The summed E-state index contributed by atoms with van der Waals surface area (Å²) in [6.45, 7) is 9.39. The number of nitrogens with zero attached hydrogens (tertiary/aromatic N) is 2. The number of hydrogen-bond donors (Lipinski definition) is 1. The summed E-state index contributed by atoms with van der Waals surface area (Å²) >= 11 is 1.63. The number of carboxylic acids is 1. The zero-order valence-corrected chi connectivity index (χ0v) is 12.1. The van der Waals surface area contributed by atoms with Crippen molar-refractivity contribution in [3.8, 4) is 0 Å². The highest BCUT2D eigenvalue weighted by molar-refractivity contribution is 7.11. The standard InChI is InChI=1S/C12H20N2O2S/c1-7-10(17-9(3)13-7)8(2)14(6)12(4,5)11(15)16/h8H,1-6H3,(H,15,16). The van der Waals surface area contributed by atoms with Crippen LogP contribution in [0.5, 0.6) is 0 Å². The molecule has 5 heteroatoms. The average Bonchev–Trinajstić information content (AvgIpc) is 2.55. The molecule has 0 amide bonds. The van der Waals surface area contributed by atoms with Gasteiger partial charge in [0.15, 0.2) is 0 Å². The molecule has 96 valence electrons. The first-order chi connectivity index (χ1) is 7.67. The Bertz CT molecular complexity index is 426. The van der Waals surface area contributed by atoms with E-state index in [0.29, 0.717) is 0 Å². The average molecular weight is 256 g/mol. The molecule has 0 saturated heterocycles. The molecule has 17 heavy (non-hydrogen) atoms. The molecule has 1 aromatic rings. The number of hydrogen-bond acceptors (Lipinski definition) is 4. The summed E-state index contributed by atoms with van der Waals surface area (Å²) in [5, 5.41) is 10.2. The third-order valence-corrected chi connectivity index (χ3v) is 4.55. The lowest BCUT2D eigenvalue weighted by atomic mass is 10.0. The molecule has 0 bridgehead atoms. The topological polar surface area (TPSA) is 53.4 Å². The van der Waals surface area contributed by atoms with Crippen molar-refractivity contribution in [1.29, 1.82) is 0 Å². The highest BCUT2D eigenvalue weighted by Crippen LogP contribution is 2.32. The normalized spacial score (nSPS) is 14.1. The molecule has 0 spiro atoms. The van der Waals surface area contributed by atoms with Gasteiger partial charge in [0.05, 0.1) is 10.7 Å². The summed E-state index contributed by atoms with van der Waals surface area (Å²) in [5.74, 6) is -0.814. The van der Waals surface area contributed by atoms with Crippen LogP contribution in [-0.2, 0) is 4.79 Å². The molecule has 0 saturated carbocycles. The molecule has 1 rings (SSSR count). The van der Waals surface area contributed by atoms with Gasteiger partial charge >= 0.3 is 5.97 Å². The zero-order valence-electron chi connectivity index (χ0n) is 11.2. The maximum absolute atomic E-state index is 11.2. The van der Waals surface area contributed by atoms with Crippen LogP contribution in [0, 0.1) is 13.8 Å². The Hall–Kier alpha value is -0.940. The van der Waals surface area contributed by atoms with E-state index < -0.39 is 11.5 Å². The molecule has 1 N–H and O–H groups in total. The SMILES string of the molecule is Cc1nc(C)c(C(C)N(C)C(C)(C)C(=O)O)s1. The first-order valence-electron chi connectivity index (χ1n) is 5.58. The van der Waals surface area contributed by atoms with Gasteiger partial charge in [-0.05, 0) is 41.7 Å². The van der Waals surface area contributed by atoms with Gasteiger partial charge in [0.1, 0.15) is 5.54 Å². The van der Waals surface area contributed by atoms with Gasteiger partial charge in [-0.1, -0.05) is 0 Å². The second-order valence-corrected chi connectivity index (χ2v) is 6.07. The Morgan fingerprint density at radius 2 is 2.00 bits per heavy atom. The smallest absolute Gasteiger partial charge is 0.323 e. The maximum Gasteiger partial charge on any atom is 0.323 e. The van der Waals surface area contributed by atoms with E-state index in [9.17, 15) is 9.90 Å². The Morgan fingerprint density at radius 3 is 2.35 bits per heavy atom. The van der Waals surface area contributed by atoms with Crippen molar-refractivity contribution in [3.05, 3.63) is 15.6 Å². The van der Waals surface area contributed by atoms with Crippen LogP contribution in [-0.4, -0.2) is 33.5 Å². The summed E-state index contributed by atoms with van der Waals surface area (Å²) in [5.41, 5.74) is 0.108. The first-order valence-corrected chi connectivity index (χ1v) is 6.39. The Balaban J connectivity index is 3.02. The summed E-state index contributed by atoms with van der Waals surface area (Å²) in [6.07, 6.45) is 0. The fourth-order valence-corrected chi connectivity index (χ4v) is 2.77. The van der Waals surface area contributed by atoms with Crippen LogP contribution in [0.15, 0.2) is 0 Å². The van der Waals surface area contributed by atoms with E-state index in [0.717, 1.165) is 15.6 Å². The number of carboxylic acid groups (broad SMARTS) is 1. The highest BCUT2D eigenvalue weighted by atomic mass is 32.1. The second kappa shape index (κ2) is 4.74. The van der Waals surface area contributed by atoms with Gasteiger partial charge in [-0.15, -0.1) is 11.3 Å². The number of aliphatic carboxylic acids is 1. The van der Waals surface area contributed by atoms with Gasteiger partial charge in [0, 0.05) is 10.9 Å². The van der Waals surface area contributed by atoms with Crippen molar-refractivity contribution >= 4 is 17.3 Å². The summed E-state index contributed by atoms with van der Waals surface area (Å²) < 4.78 is 0. The van der Waals surface area contributed by atoms with Crippen LogP contribution in [0.4, 0.5) is 0 Å². The molecule has 0 aliphatic heterocycles. The van der Waals surface area contributed by atoms with E-state index in [1.165, 1.54) is 0 Å². The van der Waals surface area contributed by atoms with Crippen molar-refractivity contribution in [2.45, 2.75) is 46.2 Å². The van der Waals surface area contributed by atoms with Gasteiger partial charge in [-0.3, -0.25) is 9.69 Å². The quantitative estimate of drug-likeness (QED) is 0.899. The van der Waals surface area contributed by atoms with Crippen molar-refractivity contribution < 1.29 is 9.90 Å². The molecule has 1 unspecified atom stereocenters. The predicted molar refractivity (Wildman–Crippen MR) is 69.5 cm³/mol. The van der Waals surface area contributed by atoms with E-state index in [4.69, 9.17) is 0 Å². The lowest BCUT2D eigenvalue weighted by molar-refractivity contribution is -0.149. The molecule has 0 fully saturated rings. The predicted octanol–water partition coefficient (Wildman–Crippen LogP) is 2.62. The lowest BCUT2D eigenvalue weighted by Crippen LogP contribution is -2.48. The molecule has 1 atom stereocenters. The van der Waals surface area contributed by atoms with Gasteiger partial charge in [-0.25, -0.2) is 4.98 Å². The summed E-state index contributed by atoms with van der Waals surface area (Å²) in [7, 11) is 1.84. The lowest BCUT2D eigenvalue weighted by Gasteiger charge is -2.36. The van der Waals surface area contributed by atoms with Crippen molar-refractivity contribution in [1.82, 2.24) is 9.88 Å². The van der Waals surface area contributed by atoms with E-state index in [2.05, 4.69) is 4.98 Å². The first kappa shape index (κ1) is 14.1. The van der Waals surface area contributed by atoms with Crippen molar-refractivity contribution in [2.75, 3.05) is 7.05 Å². The van der Waals surface area contributed by atoms with E-state index in [1.807, 2.05) is 32.7 Å². The highest BCUT2D eigenvalue weighted by Gasteiger charge is 2.36. The minimum absolute atomic E-state index is 0.0484. The van der Waals surface area contributed by atoms with Crippen LogP contribution in [0.1, 0.15) is 42.4 Å². The molecular formula is C12H20N2O2S. The van der Waals surface area contributed by atoms with Gasteiger partial charge in [0.25, 0.3) is 0 Å². The molecule has 1 aromatic heterocycles. The van der Waals surface area contributed by atoms with Crippen molar-refractivity contribution in [3.63, 3.8) is 0 Å². The number of carbonyl (C=O) groups is 1. The van der Waals surface area contributed by atoms with E-state index in [-0.39, 0.29) is 6.04 Å². The van der Waals surface area contributed by atoms with Crippen LogP contribution in [0.3, 0.4) is 0 Å². The van der Waals surface area contributed by atoms with E-state index in [1.54, 1.807) is 25.2 Å². The molecular weight excluding hydrogens is 236 g/mol. The largest absolute Gasteiger partial charge is 0.480 e. The van der Waals surface area contributed by atoms with Crippen LogP contribution >= 0.6 is 11.3 Å². The molecule has 0 aliphatic carbocycles. The second-order valence-electron chi connectivity index (χ2n) is 4.83. The van der Waals surface area contributed by atoms with Crippen LogP contribution in [0.2, 0.25) is 0 Å². The van der Waals surface area contributed by atoms with Gasteiger partial charge in [0.2, 0.25) is 0 Å². The Kier molecular flexibility index (Phi) is 3.94. The molecule has 1 heterocycles. The number of aromatic nitrogens is 1. The van der Waals surface area contributed by atoms with Crippen LogP contribution in [0.25, 0.3) is 0 Å². The third kappa shape index (κ3) is 2.66. The molecule has 0 aliphatic rings. The fourth-order valence-electron chi connectivity index (χ4n) is 1.75. The number of thiazole rings is 1. The van der Waals surface area contributed by atoms with Gasteiger partial charge < -0.3 is 5.11 Å². The number of aryl methyl sites for hydroxylation is 2. The third-order valence-electron chi connectivity index (χ3n) is 3.30. The van der Waals surface area contributed by atoms with Gasteiger partial charge in [-0.2, -0.15) is 0 Å². The van der Waals surface area contributed by atoms with E-state index >= 15 is 0 Å². The number of rotatable bonds is 4. The van der Waals surface area contributed by atoms with Crippen molar-refractivity contribution in [2.24, 2.45) is 0 Å². The summed E-state index contributed by atoms with van der Waals surface area (Å²) in [4.78, 5) is 18.6. The minimum atomic E-state index is -0.885. The Morgan fingerprint density at radius 1 is 1.47 bits per heavy atom. The minimum Gasteiger partial charge on any atom is -0.480 e. The molecule has 0 radical (unpaired) electrons. The van der Waals surface area contributed by atoms with Crippen LogP contribution < -0.4 is 0 Å². The molecule has 0 aromatic carbocycles. The fraction of sp³-hybridized carbons (Fsp3) is 0.667. The number of likely N-dealkylation sites (N-methyl/N-ethyl adjacent to an activating group) is 1. The monoisotopic (exact) mass is 256 g/mol. The zero-order chi connectivity index (χ0) is 13.4. The maximum atomic E-state index is 11.2. The Labute approximate surface area is 106 Å².